The molecule has 0 amide bonds. The summed E-state index contributed by atoms with van der Waals surface area (Å²) in [7, 11) is 0. The number of aromatic nitrogens is 2. The quantitative estimate of drug-likeness (QED) is 0.437. The zero-order chi connectivity index (χ0) is 17.9. The minimum absolute atomic E-state index is 0. The van der Waals surface area contributed by atoms with E-state index in [1.807, 2.05) is 73.1 Å². The van der Waals surface area contributed by atoms with Gasteiger partial charge in [-0.25, -0.2) is 4.98 Å². The largest absolute Gasteiger partial charge is 1.00 e. The summed E-state index contributed by atoms with van der Waals surface area (Å²) in [5, 5.41) is 1.43. The first-order chi connectivity index (χ1) is 12.7. The second-order valence-corrected chi connectivity index (χ2v) is 6.80. The highest BCUT2D eigenvalue weighted by molar-refractivity contribution is 6.30. The Morgan fingerprint density at radius 1 is 0.852 bits per heavy atom. The molecule has 4 aromatic rings. The van der Waals surface area contributed by atoms with Gasteiger partial charge in [-0.3, -0.25) is 0 Å². The third-order valence-corrected chi connectivity index (χ3v) is 4.52. The molecule has 0 fully saturated rings. The SMILES string of the molecule is Clc1ccc(C[n+]2cccc(-c3ncc(-c4ccc(Cl)cc4)o3)c2)cc1.[Br-]. The van der Waals surface area contributed by atoms with E-state index >= 15 is 0 Å². The molecule has 3 nitrogen and oxygen atoms in total. The van der Waals surface area contributed by atoms with Crippen LogP contribution in [0, 0.1) is 0 Å². The average Bonchev–Trinajstić information content (AvgIpc) is 3.15. The van der Waals surface area contributed by atoms with Crippen molar-refractivity contribution in [2.24, 2.45) is 0 Å². The van der Waals surface area contributed by atoms with E-state index in [9.17, 15) is 0 Å². The van der Waals surface area contributed by atoms with Gasteiger partial charge in [0.25, 0.3) is 0 Å². The molecule has 0 aliphatic heterocycles. The molecule has 2 aromatic carbocycles. The first kappa shape index (κ1) is 19.6. The molecular formula is C21H15BrCl2N2O. The van der Waals surface area contributed by atoms with Gasteiger partial charge in [0.1, 0.15) is 5.56 Å². The van der Waals surface area contributed by atoms with E-state index in [0.717, 1.165) is 22.7 Å². The molecule has 0 saturated carbocycles. The number of halogens is 3. The van der Waals surface area contributed by atoms with Crippen LogP contribution in [0.15, 0.2) is 83.7 Å². The normalized spacial score (nSPS) is 10.4. The van der Waals surface area contributed by atoms with Gasteiger partial charge in [-0.1, -0.05) is 35.3 Å². The van der Waals surface area contributed by atoms with E-state index < -0.39 is 0 Å². The van der Waals surface area contributed by atoms with Crippen molar-refractivity contribution in [2.75, 3.05) is 0 Å². The lowest BCUT2D eigenvalue weighted by atomic mass is 10.2. The Morgan fingerprint density at radius 2 is 1.52 bits per heavy atom. The lowest BCUT2D eigenvalue weighted by molar-refractivity contribution is -0.687. The van der Waals surface area contributed by atoms with Gasteiger partial charge in [-0.05, 0) is 42.5 Å². The van der Waals surface area contributed by atoms with E-state index in [4.69, 9.17) is 27.6 Å². The van der Waals surface area contributed by atoms with Crippen molar-refractivity contribution < 1.29 is 26.0 Å². The number of oxazole rings is 1. The van der Waals surface area contributed by atoms with Gasteiger partial charge < -0.3 is 21.4 Å². The fourth-order valence-electron chi connectivity index (χ4n) is 2.70. The predicted molar refractivity (Wildman–Crippen MR) is 103 cm³/mol. The van der Waals surface area contributed by atoms with Gasteiger partial charge in [-0.15, -0.1) is 0 Å². The molecule has 27 heavy (non-hydrogen) atoms. The summed E-state index contributed by atoms with van der Waals surface area (Å²) < 4.78 is 8.02. The summed E-state index contributed by atoms with van der Waals surface area (Å²) in [4.78, 5) is 4.41. The van der Waals surface area contributed by atoms with Crippen LogP contribution in [0.25, 0.3) is 22.8 Å². The number of hydrogen-bond acceptors (Lipinski definition) is 2. The maximum absolute atomic E-state index is 5.95. The summed E-state index contributed by atoms with van der Waals surface area (Å²) in [5.41, 5.74) is 3.03. The standard InChI is InChI=1S/C21H15Cl2N2O.BrH/c22-18-7-3-15(4-8-18)13-25-11-1-2-17(14-25)21-24-12-20(26-21)16-5-9-19(23)10-6-16;/h1-12,14H,13H2;1H/q+1;/p-1. The molecule has 136 valence electrons. The van der Waals surface area contributed by atoms with E-state index in [-0.39, 0.29) is 17.0 Å². The highest BCUT2D eigenvalue weighted by Crippen LogP contribution is 2.26. The van der Waals surface area contributed by atoms with E-state index in [1.54, 1.807) is 6.20 Å². The second kappa shape index (κ2) is 8.70. The molecular weight excluding hydrogens is 447 g/mol. The van der Waals surface area contributed by atoms with Crippen LogP contribution in [0.4, 0.5) is 0 Å². The highest BCUT2D eigenvalue weighted by Gasteiger charge is 2.12. The summed E-state index contributed by atoms with van der Waals surface area (Å²) in [5.74, 6) is 1.30. The third kappa shape index (κ3) is 4.78. The minimum Gasteiger partial charge on any atom is -1.00 e. The van der Waals surface area contributed by atoms with Gasteiger partial charge in [-0.2, -0.15) is 4.57 Å². The summed E-state index contributed by atoms with van der Waals surface area (Å²) >= 11 is 11.9. The Labute approximate surface area is 178 Å². The topological polar surface area (TPSA) is 29.9 Å². The van der Waals surface area contributed by atoms with Gasteiger partial charge >= 0.3 is 0 Å². The zero-order valence-electron chi connectivity index (χ0n) is 14.1. The van der Waals surface area contributed by atoms with E-state index in [0.29, 0.717) is 16.7 Å². The van der Waals surface area contributed by atoms with Gasteiger partial charge in [0, 0.05) is 27.2 Å². The molecule has 0 aliphatic carbocycles. The molecule has 6 heteroatoms. The van der Waals surface area contributed by atoms with Gasteiger partial charge in [0.05, 0.1) is 6.20 Å². The van der Waals surface area contributed by atoms with Crippen molar-refractivity contribution in [1.29, 1.82) is 0 Å². The Morgan fingerprint density at radius 3 is 2.22 bits per heavy atom. The first-order valence-corrected chi connectivity index (χ1v) is 8.89. The minimum atomic E-state index is 0. The molecule has 2 aromatic heterocycles. The van der Waals surface area contributed by atoms with Crippen molar-refractivity contribution in [1.82, 2.24) is 4.98 Å². The van der Waals surface area contributed by atoms with Crippen LogP contribution < -0.4 is 21.5 Å². The fraction of sp³-hybridized carbons (Fsp3) is 0.0476. The van der Waals surface area contributed by atoms with Crippen molar-refractivity contribution in [3.8, 4) is 22.8 Å². The van der Waals surface area contributed by atoms with Gasteiger partial charge in [0.2, 0.25) is 5.89 Å². The lowest BCUT2D eigenvalue weighted by Gasteiger charge is -2.00. The fourth-order valence-corrected chi connectivity index (χ4v) is 2.95. The van der Waals surface area contributed by atoms with Crippen LogP contribution in [-0.4, -0.2) is 4.98 Å². The Hall–Kier alpha value is -2.14. The van der Waals surface area contributed by atoms with Crippen LogP contribution in [0.2, 0.25) is 10.0 Å². The number of hydrogen-bond donors (Lipinski definition) is 0. The van der Waals surface area contributed by atoms with Crippen LogP contribution in [0.1, 0.15) is 5.56 Å². The van der Waals surface area contributed by atoms with Crippen molar-refractivity contribution >= 4 is 23.2 Å². The molecule has 0 spiro atoms. The number of pyridine rings is 1. The summed E-state index contributed by atoms with van der Waals surface area (Å²) in [6, 6.07) is 19.3. The van der Waals surface area contributed by atoms with Crippen LogP contribution in [-0.2, 0) is 6.54 Å². The molecule has 0 radical (unpaired) electrons. The molecule has 0 aliphatic rings. The second-order valence-electron chi connectivity index (χ2n) is 5.93. The predicted octanol–water partition coefficient (Wildman–Crippen LogP) is 2.66. The molecule has 4 rings (SSSR count). The number of nitrogens with zero attached hydrogens (tertiary/aromatic N) is 2. The number of rotatable bonds is 4. The zero-order valence-corrected chi connectivity index (χ0v) is 17.2. The molecule has 0 unspecified atom stereocenters. The molecule has 0 bridgehead atoms. The average molecular weight is 462 g/mol. The molecule has 0 saturated heterocycles. The molecule has 2 heterocycles. The van der Waals surface area contributed by atoms with Crippen molar-refractivity contribution in [2.45, 2.75) is 6.54 Å². The van der Waals surface area contributed by atoms with Crippen LogP contribution in [0.3, 0.4) is 0 Å². The Bertz CT molecular complexity index is 1030. The highest BCUT2D eigenvalue weighted by atomic mass is 79.9. The monoisotopic (exact) mass is 460 g/mol. The first-order valence-electron chi connectivity index (χ1n) is 8.13. The summed E-state index contributed by atoms with van der Waals surface area (Å²) in [6.45, 7) is 0.746. The lowest BCUT2D eigenvalue weighted by Crippen LogP contribution is -3.00. The summed E-state index contributed by atoms with van der Waals surface area (Å²) in [6.07, 6.45) is 5.77. The molecule has 0 N–H and O–H groups in total. The van der Waals surface area contributed by atoms with Crippen LogP contribution in [0.5, 0.6) is 0 Å². The molecule has 0 atom stereocenters. The smallest absolute Gasteiger partial charge is 0.232 e. The van der Waals surface area contributed by atoms with Crippen LogP contribution >= 0.6 is 23.2 Å². The number of benzene rings is 2. The third-order valence-electron chi connectivity index (χ3n) is 4.02. The van der Waals surface area contributed by atoms with E-state index in [2.05, 4.69) is 9.55 Å². The van der Waals surface area contributed by atoms with Gasteiger partial charge in [0.15, 0.2) is 24.7 Å². The van der Waals surface area contributed by atoms with Crippen molar-refractivity contribution in [3.05, 3.63) is 94.9 Å². The Balaban J connectivity index is 0.00000210. The van der Waals surface area contributed by atoms with E-state index in [1.165, 1.54) is 5.56 Å². The Kier molecular flexibility index (Phi) is 6.32. The maximum atomic E-state index is 5.95. The van der Waals surface area contributed by atoms with Crippen molar-refractivity contribution in [3.63, 3.8) is 0 Å². The maximum Gasteiger partial charge on any atom is 0.232 e.